The molecule has 0 aliphatic carbocycles. The van der Waals surface area contributed by atoms with Gasteiger partial charge in [-0.3, -0.25) is 0 Å². The van der Waals surface area contributed by atoms with E-state index in [2.05, 4.69) is 4.72 Å². The lowest BCUT2D eigenvalue weighted by molar-refractivity contribution is 0.281. The zero-order valence-corrected chi connectivity index (χ0v) is 11.3. The van der Waals surface area contributed by atoms with Gasteiger partial charge in [0.05, 0.1) is 6.61 Å². The number of nitrogens with one attached hydrogen (secondary N) is 1. The van der Waals surface area contributed by atoms with Gasteiger partial charge in [0.2, 0.25) is 10.0 Å². The van der Waals surface area contributed by atoms with Crippen LogP contribution in [0.15, 0.2) is 23.1 Å². The zero-order chi connectivity index (χ0) is 13.8. The van der Waals surface area contributed by atoms with Crippen molar-refractivity contribution in [3.8, 4) is 0 Å². The summed E-state index contributed by atoms with van der Waals surface area (Å²) in [6, 6.07) is 3.54. The quantitative estimate of drug-likeness (QED) is 0.829. The zero-order valence-electron chi connectivity index (χ0n) is 10.5. The van der Waals surface area contributed by atoms with Crippen molar-refractivity contribution in [2.75, 3.05) is 6.54 Å². The Morgan fingerprint density at radius 1 is 1.44 bits per heavy atom. The smallest absolute Gasteiger partial charge is 0.243 e. The van der Waals surface area contributed by atoms with Crippen LogP contribution in [0.1, 0.15) is 25.8 Å². The van der Waals surface area contributed by atoms with Crippen LogP contribution >= 0.6 is 0 Å². The number of hydrogen-bond donors (Lipinski definition) is 2. The Kier molecular flexibility index (Phi) is 5.25. The summed E-state index contributed by atoms with van der Waals surface area (Å²) in [5.41, 5.74) is 0.361. The molecule has 0 heterocycles. The van der Waals surface area contributed by atoms with Gasteiger partial charge in [0.15, 0.2) is 0 Å². The van der Waals surface area contributed by atoms with Crippen LogP contribution in [-0.4, -0.2) is 20.1 Å². The van der Waals surface area contributed by atoms with E-state index < -0.39 is 20.7 Å². The van der Waals surface area contributed by atoms with Gasteiger partial charge >= 0.3 is 0 Å². The highest BCUT2D eigenvalue weighted by atomic mass is 32.2. The number of rotatable bonds is 6. The molecule has 18 heavy (non-hydrogen) atoms. The van der Waals surface area contributed by atoms with Crippen LogP contribution in [0.5, 0.6) is 0 Å². The second-order valence-corrected chi connectivity index (χ2v) is 6.02. The van der Waals surface area contributed by atoms with E-state index in [1.807, 2.05) is 13.8 Å². The minimum atomic E-state index is -3.86. The predicted molar refractivity (Wildman–Crippen MR) is 67.0 cm³/mol. The molecule has 0 radical (unpaired) electrons. The van der Waals surface area contributed by atoms with E-state index >= 15 is 0 Å². The van der Waals surface area contributed by atoms with Crippen molar-refractivity contribution in [1.29, 1.82) is 0 Å². The standard InChI is InChI=1S/C12H18FNO3S/c1-3-9(2)7-14-18(16,17)12-6-10(8-15)4-5-11(12)13/h4-6,9,14-15H,3,7-8H2,1-2H3. The summed E-state index contributed by atoms with van der Waals surface area (Å²) in [6.07, 6.45) is 0.835. The van der Waals surface area contributed by atoms with Crippen LogP contribution in [-0.2, 0) is 16.6 Å². The highest BCUT2D eigenvalue weighted by Crippen LogP contribution is 2.16. The molecule has 0 bridgehead atoms. The summed E-state index contributed by atoms with van der Waals surface area (Å²) in [5.74, 6) is -0.632. The van der Waals surface area contributed by atoms with E-state index in [9.17, 15) is 12.8 Å². The van der Waals surface area contributed by atoms with Crippen molar-refractivity contribution in [2.24, 2.45) is 5.92 Å². The molecule has 102 valence electrons. The molecule has 1 unspecified atom stereocenters. The Labute approximate surface area is 107 Å². The van der Waals surface area contributed by atoms with Crippen molar-refractivity contribution in [3.05, 3.63) is 29.6 Å². The van der Waals surface area contributed by atoms with Gasteiger partial charge in [-0.05, 0) is 23.6 Å². The second kappa shape index (κ2) is 6.26. The maximum atomic E-state index is 13.5. The Morgan fingerprint density at radius 3 is 2.67 bits per heavy atom. The van der Waals surface area contributed by atoms with Gasteiger partial charge in [-0.15, -0.1) is 0 Å². The second-order valence-electron chi connectivity index (χ2n) is 4.29. The van der Waals surface area contributed by atoms with Gasteiger partial charge in [0.1, 0.15) is 10.7 Å². The van der Waals surface area contributed by atoms with Gasteiger partial charge < -0.3 is 5.11 Å². The molecule has 1 aromatic carbocycles. The molecular weight excluding hydrogens is 257 g/mol. The number of aliphatic hydroxyl groups is 1. The SMILES string of the molecule is CCC(C)CNS(=O)(=O)c1cc(CO)ccc1F. The molecule has 0 spiro atoms. The number of sulfonamides is 1. The molecule has 0 aliphatic heterocycles. The Bertz CT molecular complexity index is 502. The Morgan fingerprint density at radius 2 is 2.11 bits per heavy atom. The third kappa shape index (κ3) is 3.76. The lowest BCUT2D eigenvalue weighted by atomic mass is 10.1. The third-order valence-electron chi connectivity index (χ3n) is 2.79. The third-order valence-corrected chi connectivity index (χ3v) is 4.23. The Balaban J connectivity index is 2.97. The number of halogens is 1. The fourth-order valence-corrected chi connectivity index (χ4v) is 2.62. The number of hydrogen-bond acceptors (Lipinski definition) is 3. The molecule has 0 saturated carbocycles. The van der Waals surface area contributed by atoms with Gasteiger partial charge in [-0.1, -0.05) is 26.3 Å². The first kappa shape index (κ1) is 15.1. The molecule has 0 saturated heterocycles. The summed E-state index contributed by atoms with van der Waals surface area (Å²) in [4.78, 5) is -0.419. The van der Waals surface area contributed by atoms with Crippen LogP contribution in [0, 0.1) is 11.7 Å². The van der Waals surface area contributed by atoms with Crippen molar-refractivity contribution < 1.29 is 17.9 Å². The summed E-state index contributed by atoms with van der Waals surface area (Å²) < 4.78 is 39.7. The van der Waals surface area contributed by atoms with Crippen LogP contribution in [0.25, 0.3) is 0 Å². The first-order chi connectivity index (χ1) is 8.40. The lowest BCUT2D eigenvalue weighted by Crippen LogP contribution is -2.29. The molecule has 2 N–H and O–H groups in total. The van der Waals surface area contributed by atoms with Gasteiger partial charge in [-0.2, -0.15) is 0 Å². The molecule has 1 atom stereocenters. The van der Waals surface area contributed by atoms with Crippen LogP contribution in [0.2, 0.25) is 0 Å². The first-order valence-electron chi connectivity index (χ1n) is 5.79. The minimum absolute atomic E-state index is 0.184. The molecule has 0 aromatic heterocycles. The van der Waals surface area contributed by atoms with E-state index in [1.54, 1.807) is 0 Å². The monoisotopic (exact) mass is 275 g/mol. The van der Waals surface area contributed by atoms with Crippen molar-refractivity contribution >= 4 is 10.0 Å². The molecule has 1 rings (SSSR count). The summed E-state index contributed by atoms with van der Waals surface area (Å²) in [7, 11) is -3.86. The summed E-state index contributed by atoms with van der Waals surface area (Å²) in [6.45, 7) is 3.80. The number of benzene rings is 1. The molecule has 0 fully saturated rings. The van der Waals surface area contributed by atoms with Gasteiger partial charge in [0.25, 0.3) is 0 Å². The van der Waals surface area contributed by atoms with E-state index in [0.717, 1.165) is 18.6 Å². The average Bonchev–Trinajstić information content (AvgIpc) is 2.36. The normalized spacial score (nSPS) is 13.6. The minimum Gasteiger partial charge on any atom is -0.392 e. The highest BCUT2D eigenvalue weighted by Gasteiger charge is 2.19. The molecular formula is C12H18FNO3S. The van der Waals surface area contributed by atoms with Gasteiger partial charge in [-0.25, -0.2) is 17.5 Å². The Hall–Kier alpha value is -0.980. The molecule has 0 aliphatic rings. The molecule has 6 heteroatoms. The van der Waals surface area contributed by atoms with Crippen LogP contribution in [0.4, 0.5) is 4.39 Å². The first-order valence-corrected chi connectivity index (χ1v) is 7.28. The summed E-state index contributed by atoms with van der Waals surface area (Å²) in [5, 5.41) is 8.94. The van der Waals surface area contributed by atoms with Gasteiger partial charge in [0, 0.05) is 6.54 Å². The maximum Gasteiger partial charge on any atom is 0.243 e. The topological polar surface area (TPSA) is 66.4 Å². The highest BCUT2D eigenvalue weighted by molar-refractivity contribution is 7.89. The van der Waals surface area contributed by atoms with E-state index in [-0.39, 0.29) is 19.1 Å². The van der Waals surface area contributed by atoms with Crippen LogP contribution < -0.4 is 4.72 Å². The van der Waals surface area contributed by atoms with E-state index in [1.165, 1.54) is 6.07 Å². The lowest BCUT2D eigenvalue weighted by Gasteiger charge is -2.12. The molecule has 4 nitrogen and oxygen atoms in total. The van der Waals surface area contributed by atoms with Crippen LogP contribution in [0.3, 0.4) is 0 Å². The predicted octanol–water partition coefficient (Wildman–Crippen LogP) is 1.64. The fourth-order valence-electron chi connectivity index (χ4n) is 1.33. The average molecular weight is 275 g/mol. The molecule has 1 aromatic rings. The largest absolute Gasteiger partial charge is 0.392 e. The van der Waals surface area contributed by atoms with E-state index in [0.29, 0.717) is 5.56 Å². The van der Waals surface area contributed by atoms with Crippen molar-refractivity contribution in [2.45, 2.75) is 31.8 Å². The molecule has 0 amide bonds. The maximum absolute atomic E-state index is 13.5. The van der Waals surface area contributed by atoms with Crippen molar-refractivity contribution in [1.82, 2.24) is 4.72 Å². The summed E-state index contributed by atoms with van der Waals surface area (Å²) >= 11 is 0. The van der Waals surface area contributed by atoms with E-state index in [4.69, 9.17) is 5.11 Å². The fraction of sp³-hybridized carbons (Fsp3) is 0.500. The number of aliphatic hydroxyl groups excluding tert-OH is 1. The van der Waals surface area contributed by atoms with Crippen molar-refractivity contribution in [3.63, 3.8) is 0 Å².